The number of phosphoric acid groups is 1. The molecular formula is C56H96NO8P. The van der Waals surface area contributed by atoms with E-state index in [1.165, 1.54) is 83.5 Å². The minimum atomic E-state index is -4.40. The van der Waals surface area contributed by atoms with Crippen LogP contribution in [0.1, 0.15) is 213 Å². The number of carbonyl (C=O) groups excluding carboxylic acids is 2. The quantitative estimate of drug-likeness (QED) is 0.0265. The maximum Gasteiger partial charge on any atom is 0.472 e. The number of phosphoric ester groups is 1. The van der Waals surface area contributed by atoms with E-state index in [9.17, 15) is 19.0 Å². The van der Waals surface area contributed by atoms with E-state index in [0.29, 0.717) is 6.42 Å². The average Bonchev–Trinajstić information content (AvgIpc) is 3.31. The molecule has 9 nitrogen and oxygen atoms in total. The molecule has 0 aliphatic carbocycles. The van der Waals surface area contributed by atoms with Gasteiger partial charge in [0.2, 0.25) is 0 Å². The number of rotatable bonds is 48. The lowest BCUT2D eigenvalue weighted by atomic mass is 10.0. The van der Waals surface area contributed by atoms with Gasteiger partial charge in [0.15, 0.2) is 6.10 Å². The highest BCUT2D eigenvalue weighted by Gasteiger charge is 2.26. The molecule has 0 rings (SSSR count). The van der Waals surface area contributed by atoms with Gasteiger partial charge in [0, 0.05) is 19.4 Å². The number of unbranched alkanes of at least 4 members (excludes halogenated alkanes) is 19. The molecule has 66 heavy (non-hydrogen) atoms. The fourth-order valence-corrected chi connectivity index (χ4v) is 7.65. The molecule has 2 unspecified atom stereocenters. The lowest BCUT2D eigenvalue weighted by Crippen LogP contribution is -2.29. The van der Waals surface area contributed by atoms with E-state index in [4.69, 9.17) is 24.3 Å². The van der Waals surface area contributed by atoms with Crippen LogP contribution in [-0.2, 0) is 32.7 Å². The number of nitrogens with two attached hydrogens (primary N) is 1. The second-order valence-corrected chi connectivity index (χ2v) is 18.5. The summed E-state index contributed by atoms with van der Waals surface area (Å²) in [6, 6.07) is 0. The first-order chi connectivity index (χ1) is 32.3. The summed E-state index contributed by atoms with van der Waals surface area (Å²) in [6.07, 6.45) is 67.3. The minimum absolute atomic E-state index is 0.0449. The van der Waals surface area contributed by atoms with Crippen molar-refractivity contribution in [3.63, 3.8) is 0 Å². The Morgan fingerprint density at radius 1 is 0.470 bits per heavy atom. The largest absolute Gasteiger partial charge is 0.472 e. The zero-order valence-corrected chi connectivity index (χ0v) is 42.8. The summed E-state index contributed by atoms with van der Waals surface area (Å²) in [6.45, 7) is 3.60. The first kappa shape index (κ1) is 62.9. The van der Waals surface area contributed by atoms with Crippen molar-refractivity contribution >= 4 is 19.8 Å². The number of esters is 2. The number of ether oxygens (including phenoxy) is 2. The molecule has 0 heterocycles. The van der Waals surface area contributed by atoms with E-state index in [0.717, 1.165) is 96.3 Å². The van der Waals surface area contributed by atoms with Crippen molar-refractivity contribution in [2.45, 2.75) is 219 Å². The molecule has 0 aliphatic rings. The van der Waals surface area contributed by atoms with E-state index in [2.05, 4.69) is 111 Å². The zero-order valence-electron chi connectivity index (χ0n) is 41.9. The average molecular weight is 942 g/mol. The molecule has 0 saturated carbocycles. The van der Waals surface area contributed by atoms with Crippen LogP contribution < -0.4 is 5.73 Å². The van der Waals surface area contributed by atoms with Crippen molar-refractivity contribution in [1.29, 1.82) is 0 Å². The molecule has 0 bridgehead atoms. The molecule has 0 aromatic rings. The van der Waals surface area contributed by atoms with Crippen molar-refractivity contribution in [1.82, 2.24) is 0 Å². The van der Waals surface area contributed by atoms with Gasteiger partial charge in [-0.1, -0.05) is 220 Å². The van der Waals surface area contributed by atoms with E-state index in [-0.39, 0.29) is 38.6 Å². The van der Waals surface area contributed by atoms with Crippen LogP contribution in [0.5, 0.6) is 0 Å². The Morgan fingerprint density at radius 2 is 0.833 bits per heavy atom. The summed E-state index contributed by atoms with van der Waals surface area (Å²) < 4.78 is 32.9. The Kier molecular flexibility index (Phi) is 48.9. The molecular weight excluding hydrogens is 846 g/mol. The van der Waals surface area contributed by atoms with E-state index >= 15 is 0 Å². The molecule has 0 aromatic heterocycles. The summed E-state index contributed by atoms with van der Waals surface area (Å²) in [5.41, 5.74) is 5.37. The first-order valence-corrected chi connectivity index (χ1v) is 27.7. The molecule has 0 aromatic carbocycles. The van der Waals surface area contributed by atoms with Crippen molar-refractivity contribution in [3.8, 4) is 0 Å². The van der Waals surface area contributed by atoms with E-state index in [1.807, 2.05) is 0 Å². The highest BCUT2D eigenvalue weighted by Crippen LogP contribution is 2.43. The third-order valence-corrected chi connectivity index (χ3v) is 11.7. The molecule has 10 heteroatoms. The Bertz CT molecular complexity index is 1400. The minimum Gasteiger partial charge on any atom is -0.462 e. The Morgan fingerprint density at radius 3 is 1.24 bits per heavy atom. The maximum absolute atomic E-state index is 12.7. The first-order valence-electron chi connectivity index (χ1n) is 26.2. The fourth-order valence-electron chi connectivity index (χ4n) is 6.89. The summed E-state index contributed by atoms with van der Waals surface area (Å²) in [7, 11) is -4.40. The van der Waals surface area contributed by atoms with Gasteiger partial charge in [-0.15, -0.1) is 0 Å². The molecule has 0 fully saturated rings. The van der Waals surface area contributed by atoms with Gasteiger partial charge >= 0.3 is 19.8 Å². The van der Waals surface area contributed by atoms with Crippen molar-refractivity contribution < 1.29 is 37.6 Å². The summed E-state index contributed by atoms with van der Waals surface area (Å²) in [4.78, 5) is 35.1. The van der Waals surface area contributed by atoms with Gasteiger partial charge in [-0.3, -0.25) is 18.6 Å². The summed E-state index contributed by atoms with van der Waals surface area (Å²) in [5.74, 6) is -0.859. The van der Waals surface area contributed by atoms with Crippen LogP contribution in [0.2, 0.25) is 0 Å². The molecule has 0 aliphatic heterocycles. The zero-order chi connectivity index (χ0) is 48.1. The van der Waals surface area contributed by atoms with E-state index in [1.54, 1.807) is 0 Å². The third kappa shape index (κ3) is 50.3. The second kappa shape index (κ2) is 51.3. The standard InChI is InChI=1S/C56H96NO8P/c1-3-5-7-9-11-13-15-17-19-21-22-23-24-25-26-27-28-29-30-31-32-33-35-37-39-41-43-45-47-49-56(59)65-54(53-64-66(60,61)63-51-50-57)52-62-55(58)48-46-44-42-40-38-36-34-20-18-16-14-12-10-8-6-4-2/h5,7,11,13,17,19,22-23,25-26,28-29,31-32,35,37,54H,3-4,6,8-10,12,14-16,18,20-21,24,27,30,33-34,36,38-53,57H2,1-2H3,(H,60,61)/b7-5-,13-11-,19-17-,23-22-,26-25-,29-28-,32-31-,37-35-. The SMILES string of the molecule is CC/C=C\C/C=C\C/C=C\C/C=C\C/C=C\C/C=C\C/C=C\C/C=C\CCCCCCC(=O)OC(COC(=O)CCCCCCCCCCCCCCCCCC)COP(=O)(O)OCCN. The van der Waals surface area contributed by atoms with Crippen molar-refractivity contribution in [3.05, 3.63) is 97.2 Å². The van der Waals surface area contributed by atoms with Crippen LogP contribution in [-0.4, -0.2) is 49.3 Å². The molecule has 0 amide bonds. The molecule has 378 valence electrons. The highest BCUT2D eigenvalue weighted by molar-refractivity contribution is 7.47. The monoisotopic (exact) mass is 942 g/mol. The number of hydrogen-bond acceptors (Lipinski definition) is 8. The van der Waals surface area contributed by atoms with Crippen LogP contribution >= 0.6 is 7.82 Å². The Labute approximate surface area is 404 Å². The van der Waals surface area contributed by atoms with Gasteiger partial charge in [0.1, 0.15) is 6.61 Å². The fraction of sp³-hybridized carbons (Fsp3) is 0.679. The van der Waals surface area contributed by atoms with Gasteiger partial charge in [-0.05, 0) is 77.0 Å². The predicted octanol–water partition coefficient (Wildman–Crippen LogP) is 16.1. The molecule has 3 N–H and O–H groups in total. The predicted molar refractivity (Wildman–Crippen MR) is 279 cm³/mol. The van der Waals surface area contributed by atoms with Gasteiger partial charge in [0.25, 0.3) is 0 Å². The topological polar surface area (TPSA) is 134 Å². The van der Waals surface area contributed by atoms with Gasteiger partial charge in [0.05, 0.1) is 13.2 Å². The normalized spacial score (nSPS) is 13.9. The van der Waals surface area contributed by atoms with Gasteiger partial charge in [-0.25, -0.2) is 4.57 Å². The van der Waals surface area contributed by atoms with Crippen molar-refractivity contribution in [2.75, 3.05) is 26.4 Å². The summed E-state index contributed by atoms with van der Waals surface area (Å²) >= 11 is 0. The molecule has 0 spiro atoms. The van der Waals surface area contributed by atoms with Crippen LogP contribution in [0.3, 0.4) is 0 Å². The van der Waals surface area contributed by atoms with Crippen LogP contribution in [0, 0.1) is 0 Å². The van der Waals surface area contributed by atoms with Gasteiger partial charge < -0.3 is 20.1 Å². The Balaban J connectivity index is 4.12. The molecule has 0 saturated heterocycles. The highest BCUT2D eigenvalue weighted by atomic mass is 31.2. The number of allylic oxidation sites excluding steroid dienone is 16. The molecule has 2 atom stereocenters. The lowest BCUT2D eigenvalue weighted by molar-refractivity contribution is -0.161. The van der Waals surface area contributed by atoms with Crippen LogP contribution in [0.25, 0.3) is 0 Å². The second-order valence-electron chi connectivity index (χ2n) is 17.0. The maximum atomic E-state index is 12.7. The van der Waals surface area contributed by atoms with Crippen LogP contribution in [0.15, 0.2) is 97.2 Å². The lowest BCUT2D eigenvalue weighted by Gasteiger charge is -2.19. The van der Waals surface area contributed by atoms with Gasteiger partial charge in [-0.2, -0.15) is 0 Å². The Hall–Kier alpha value is -3.07. The smallest absolute Gasteiger partial charge is 0.462 e. The molecule has 0 radical (unpaired) electrons. The number of hydrogen-bond donors (Lipinski definition) is 2. The van der Waals surface area contributed by atoms with E-state index < -0.39 is 26.5 Å². The number of carbonyl (C=O) groups is 2. The van der Waals surface area contributed by atoms with Crippen molar-refractivity contribution in [2.24, 2.45) is 5.73 Å². The van der Waals surface area contributed by atoms with Crippen LogP contribution in [0.4, 0.5) is 0 Å². The third-order valence-electron chi connectivity index (χ3n) is 10.7. The summed E-state index contributed by atoms with van der Waals surface area (Å²) in [5, 5.41) is 0.